The second-order valence-electron chi connectivity index (χ2n) is 5.30. The third-order valence-electron chi connectivity index (χ3n) is 3.98. The van der Waals surface area contributed by atoms with Gasteiger partial charge in [-0.05, 0) is 60.4 Å². The summed E-state index contributed by atoms with van der Waals surface area (Å²) in [4.78, 5) is 1.49. The average Bonchev–Trinajstić information content (AvgIpc) is 2.86. The van der Waals surface area contributed by atoms with E-state index in [-0.39, 0.29) is 11.9 Å². The Balaban J connectivity index is 1.77. The zero-order valence-corrected chi connectivity index (χ0v) is 11.6. The first-order valence-corrected chi connectivity index (χ1v) is 7.68. The summed E-state index contributed by atoms with van der Waals surface area (Å²) in [7, 11) is 0. The minimum atomic E-state index is -0.176. The third kappa shape index (κ3) is 2.72. The molecule has 3 heteroatoms. The van der Waals surface area contributed by atoms with Crippen LogP contribution >= 0.6 is 11.3 Å². The van der Waals surface area contributed by atoms with E-state index < -0.39 is 0 Å². The molecule has 0 aliphatic heterocycles. The Bertz CT molecular complexity index is 563. The molecule has 1 aromatic carbocycles. The number of aryl methyl sites for hydroxylation is 1. The molecule has 2 aromatic rings. The standard InChI is InChI=1S/C16H18FNS/c17-12-4-1-3-11(9-12)10-15(18)13-5-2-6-16-14(13)7-8-19-16/h1,3-4,7-9,13,15H,2,5-6,10,18H2. The number of hydrogen-bond donors (Lipinski definition) is 1. The molecule has 1 nitrogen and oxygen atoms in total. The summed E-state index contributed by atoms with van der Waals surface area (Å²) in [6, 6.07) is 9.09. The molecule has 1 aromatic heterocycles. The van der Waals surface area contributed by atoms with Crippen molar-refractivity contribution in [3.63, 3.8) is 0 Å². The SMILES string of the molecule is NC(Cc1cccc(F)c1)C1CCCc2sccc21. The maximum atomic E-state index is 13.2. The monoisotopic (exact) mass is 275 g/mol. The molecule has 0 spiro atoms. The van der Waals surface area contributed by atoms with Crippen molar-refractivity contribution in [2.45, 2.75) is 37.6 Å². The van der Waals surface area contributed by atoms with Gasteiger partial charge in [0.15, 0.2) is 0 Å². The number of nitrogens with two attached hydrogens (primary N) is 1. The van der Waals surface area contributed by atoms with E-state index in [1.807, 2.05) is 17.4 Å². The second kappa shape index (κ2) is 5.43. The number of benzene rings is 1. The minimum Gasteiger partial charge on any atom is -0.327 e. The van der Waals surface area contributed by atoms with Gasteiger partial charge in [-0.1, -0.05) is 12.1 Å². The molecular formula is C16H18FNS. The molecule has 1 aliphatic carbocycles. The summed E-state index contributed by atoms with van der Waals surface area (Å²) < 4.78 is 13.2. The highest BCUT2D eigenvalue weighted by Gasteiger charge is 2.26. The Labute approximate surface area is 117 Å². The second-order valence-corrected chi connectivity index (χ2v) is 6.30. The van der Waals surface area contributed by atoms with E-state index in [1.165, 1.54) is 29.3 Å². The normalized spacial score (nSPS) is 20.0. The molecule has 0 saturated carbocycles. The average molecular weight is 275 g/mol. The predicted octanol–water partition coefficient (Wildman–Crippen LogP) is 3.88. The highest BCUT2D eigenvalue weighted by Crippen LogP contribution is 2.37. The van der Waals surface area contributed by atoms with Crippen molar-refractivity contribution in [2.75, 3.05) is 0 Å². The quantitative estimate of drug-likeness (QED) is 0.904. The lowest BCUT2D eigenvalue weighted by atomic mass is 9.81. The van der Waals surface area contributed by atoms with Crippen LogP contribution in [-0.4, -0.2) is 6.04 Å². The van der Waals surface area contributed by atoms with Crippen molar-refractivity contribution in [3.05, 3.63) is 57.5 Å². The Kier molecular flexibility index (Phi) is 3.67. The van der Waals surface area contributed by atoms with E-state index in [9.17, 15) is 4.39 Å². The highest BCUT2D eigenvalue weighted by molar-refractivity contribution is 7.10. The van der Waals surface area contributed by atoms with E-state index in [4.69, 9.17) is 5.73 Å². The molecule has 0 saturated heterocycles. The van der Waals surface area contributed by atoms with Crippen LogP contribution < -0.4 is 5.73 Å². The zero-order chi connectivity index (χ0) is 13.2. The lowest BCUT2D eigenvalue weighted by Crippen LogP contribution is -2.32. The molecule has 1 aliphatic rings. The summed E-state index contributed by atoms with van der Waals surface area (Å²) in [5.74, 6) is 0.253. The molecule has 0 bridgehead atoms. The number of halogens is 1. The molecule has 0 amide bonds. The lowest BCUT2D eigenvalue weighted by molar-refractivity contribution is 0.463. The lowest BCUT2D eigenvalue weighted by Gasteiger charge is -2.28. The topological polar surface area (TPSA) is 26.0 Å². The van der Waals surface area contributed by atoms with Gasteiger partial charge in [0.2, 0.25) is 0 Å². The summed E-state index contributed by atoms with van der Waals surface area (Å²) in [5.41, 5.74) is 8.81. The number of thiophene rings is 1. The van der Waals surface area contributed by atoms with Crippen molar-refractivity contribution < 1.29 is 4.39 Å². The van der Waals surface area contributed by atoms with E-state index in [2.05, 4.69) is 11.4 Å². The van der Waals surface area contributed by atoms with Crippen molar-refractivity contribution >= 4 is 11.3 Å². The predicted molar refractivity (Wildman–Crippen MR) is 78.1 cm³/mol. The van der Waals surface area contributed by atoms with Crippen LogP contribution in [0.2, 0.25) is 0 Å². The van der Waals surface area contributed by atoms with Gasteiger partial charge in [-0.25, -0.2) is 4.39 Å². The molecule has 2 unspecified atom stereocenters. The number of hydrogen-bond acceptors (Lipinski definition) is 2. The van der Waals surface area contributed by atoms with Gasteiger partial charge in [-0.3, -0.25) is 0 Å². The number of rotatable bonds is 3. The van der Waals surface area contributed by atoms with Crippen LogP contribution in [0.4, 0.5) is 4.39 Å². The summed E-state index contributed by atoms with van der Waals surface area (Å²) in [6.07, 6.45) is 4.31. The van der Waals surface area contributed by atoms with Crippen LogP contribution in [0.5, 0.6) is 0 Å². The van der Waals surface area contributed by atoms with Gasteiger partial charge in [-0.2, -0.15) is 0 Å². The Morgan fingerprint density at radius 3 is 3.11 bits per heavy atom. The van der Waals surface area contributed by atoms with Crippen LogP contribution in [0.3, 0.4) is 0 Å². The van der Waals surface area contributed by atoms with Gasteiger partial charge in [0.25, 0.3) is 0 Å². The van der Waals surface area contributed by atoms with Gasteiger partial charge < -0.3 is 5.73 Å². The Morgan fingerprint density at radius 1 is 1.37 bits per heavy atom. The van der Waals surface area contributed by atoms with Gasteiger partial charge in [-0.15, -0.1) is 11.3 Å². The van der Waals surface area contributed by atoms with Gasteiger partial charge >= 0.3 is 0 Å². The molecule has 2 N–H and O–H groups in total. The zero-order valence-electron chi connectivity index (χ0n) is 10.8. The first-order chi connectivity index (χ1) is 9.24. The number of fused-ring (bicyclic) bond motifs is 1. The summed E-state index contributed by atoms with van der Waals surface area (Å²) >= 11 is 1.84. The third-order valence-corrected chi connectivity index (χ3v) is 4.97. The maximum absolute atomic E-state index is 13.2. The van der Waals surface area contributed by atoms with Gasteiger partial charge in [0.05, 0.1) is 0 Å². The largest absolute Gasteiger partial charge is 0.327 e. The van der Waals surface area contributed by atoms with Crippen LogP contribution in [0.25, 0.3) is 0 Å². The molecule has 2 atom stereocenters. The van der Waals surface area contributed by atoms with Crippen molar-refractivity contribution in [1.82, 2.24) is 0 Å². The summed E-state index contributed by atoms with van der Waals surface area (Å²) in [5, 5.41) is 2.16. The Hall–Kier alpha value is -1.19. The summed E-state index contributed by atoms with van der Waals surface area (Å²) in [6.45, 7) is 0. The first kappa shape index (κ1) is 12.8. The van der Waals surface area contributed by atoms with E-state index in [1.54, 1.807) is 12.1 Å². The molecule has 100 valence electrons. The molecule has 1 heterocycles. The smallest absolute Gasteiger partial charge is 0.123 e. The van der Waals surface area contributed by atoms with Crippen molar-refractivity contribution in [3.8, 4) is 0 Å². The molecule has 19 heavy (non-hydrogen) atoms. The molecule has 3 rings (SSSR count). The fourth-order valence-electron chi connectivity index (χ4n) is 3.05. The highest BCUT2D eigenvalue weighted by atomic mass is 32.1. The van der Waals surface area contributed by atoms with E-state index >= 15 is 0 Å². The Morgan fingerprint density at radius 2 is 2.26 bits per heavy atom. The molecule has 0 radical (unpaired) electrons. The van der Waals surface area contributed by atoms with Gasteiger partial charge in [0.1, 0.15) is 5.82 Å². The first-order valence-electron chi connectivity index (χ1n) is 6.80. The van der Waals surface area contributed by atoms with Crippen LogP contribution in [0.1, 0.15) is 34.8 Å². The van der Waals surface area contributed by atoms with Gasteiger partial charge in [0, 0.05) is 16.8 Å². The van der Waals surface area contributed by atoms with Crippen LogP contribution in [0, 0.1) is 5.82 Å². The van der Waals surface area contributed by atoms with Crippen LogP contribution in [-0.2, 0) is 12.8 Å². The van der Waals surface area contributed by atoms with Crippen LogP contribution in [0.15, 0.2) is 35.7 Å². The van der Waals surface area contributed by atoms with Crippen molar-refractivity contribution in [1.29, 1.82) is 0 Å². The maximum Gasteiger partial charge on any atom is 0.123 e. The van der Waals surface area contributed by atoms with E-state index in [0.717, 1.165) is 18.4 Å². The minimum absolute atomic E-state index is 0.0791. The fraction of sp³-hybridized carbons (Fsp3) is 0.375. The fourth-order valence-corrected chi connectivity index (χ4v) is 4.04. The molecular weight excluding hydrogens is 257 g/mol. The van der Waals surface area contributed by atoms with E-state index in [0.29, 0.717) is 5.92 Å². The van der Waals surface area contributed by atoms with Crippen molar-refractivity contribution in [2.24, 2.45) is 5.73 Å². The molecule has 0 fully saturated rings.